The summed E-state index contributed by atoms with van der Waals surface area (Å²) in [6, 6.07) is 4.17. The van der Waals surface area contributed by atoms with Gasteiger partial charge in [0.15, 0.2) is 11.6 Å². The molecule has 4 nitrogen and oxygen atoms in total. The Labute approximate surface area is 106 Å². The van der Waals surface area contributed by atoms with Gasteiger partial charge in [0, 0.05) is 0 Å². The number of carboxylic acid groups (broad SMARTS) is 1. The lowest BCUT2D eigenvalue weighted by molar-refractivity contribution is -0.144. The normalized spacial score (nSPS) is 14.0. The van der Waals surface area contributed by atoms with Crippen molar-refractivity contribution >= 4 is 5.97 Å². The van der Waals surface area contributed by atoms with Gasteiger partial charge in [-0.25, -0.2) is 9.18 Å². The van der Waals surface area contributed by atoms with Gasteiger partial charge >= 0.3 is 5.97 Å². The molecule has 1 aromatic carbocycles. The molecule has 5 heteroatoms. The van der Waals surface area contributed by atoms with Crippen LogP contribution in [0.1, 0.15) is 25.8 Å². The third-order valence-corrected chi connectivity index (χ3v) is 2.89. The summed E-state index contributed by atoms with van der Waals surface area (Å²) in [5.74, 6) is -1.51. The average Bonchev–Trinajstić information content (AvgIpc) is 2.35. The van der Waals surface area contributed by atoms with Gasteiger partial charge in [-0.05, 0) is 37.6 Å². The van der Waals surface area contributed by atoms with Crippen molar-refractivity contribution in [1.82, 2.24) is 5.32 Å². The molecule has 0 aliphatic carbocycles. The Morgan fingerprint density at radius 3 is 2.67 bits per heavy atom. The lowest BCUT2D eigenvalue weighted by Crippen LogP contribution is -2.47. The topological polar surface area (TPSA) is 58.6 Å². The fourth-order valence-electron chi connectivity index (χ4n) is 1.65. The van der Waals surface area contributed by atoms with Crippen LogP contribution < -0.4 is 10.1 Å². The molecule has 0 saturated heterocycles. The maximum absolute atomic E-state index is 13.6. The molecule has 0 saturated carbocycles. The number of halogens is 1. The summed E-state index contributed by atoms with van der Waals surface area (Å²) in [6.07, 6.45) is 0.793. The van der Waals surface area contributed by atoms with Crippen LogP contribution >= 0.6 is 0 Å². The SMILES string of the molecule is CCCNC(C)(C(=O)O)c1ccc(OC)c(F)c1. The number of benzene rings is 1. The van der Waals surface area contributed by atoms with Gasteiger partial charge in [0.2, 0.25) is 0 Å². The summed E-state index contributed by atoms with van der Waals surface area (Å²) >= 11 is 0. The van der Waals surface area contributed by atoms with Gasteiger partial charge in [-0.1, -0.05) is 13.0 Å². The van der Waals surface area contributed by atoms with Crippen LogP contribution in [0.5, 0.6) is 5.75 Å². The first-order valence-electron chi connectivity index (χ1n) is 5.78. The first kappa shape index (κ1) is 14.4. The van der Waals surface area contributed by atoms with Crippen molar-refractivity contribution in [3.8, 4) is 5.75 Å². The zero-order chi connectivity index (χ0) is 13.8. The van der Waals surface area contributed by atoms with Crippen molar-refractivity contribution in [1.29, 1.82) is 0 Å². The van der Waals surface area contributed by atoms with E-state index in [-0.39, 0.29) is 5.75 Å². The van der Waals surface area contributed by atoms with Crippen LogP contribution in [-0.4, -0.2) is 24.7 Å². The Morgan fingerprint density at radius 1 is 1.56 bits per heavy atom. The van der Waals surface area contributed by atoms with E-state index in [1.807, 2.05) is 6.92 Å². The average molecular weight is 255 g/mol. The first-order valence-corrected chi connectivity index (χ1v) is 5.78. The molecular formula is C13H18FNO3. The number of rotatable bonds is 6. The van der Waals surface area contributed by atoms with Gasteiger partial charge < -0.3 is 9.84 Å². The van der Waals surface area contributed by atoms with Crippen molar-refractivity contribution in [3.05, 3.63) is 29.6 Å². The van der Waals surface area contributed by atoms with E-state index in [2.05, 4.69) is 5.32 Å². The third-order valence-electron chi connectivity index (χ3n) is 2.89. The molecule has 0 aliphatic heterocycles. The molecule has 1 rings (SSSR count). The number of aliphatic carboxylic acids is 1. The summed E-state index contributed by atoms with van der Waals surface area (Å²) in [4.78, 5) is 11.4. The van der Waals surface area contributed by atoms with Crippen molar-refractivity contribution < 1.29 is 19.0 Å². The van der Waals surface area contributed by atoms with E-state index < -0.39 is 17.3 Å². The smallest absolute Gasteiger partial charge is 0.328 e. The fraction of sp³-hybridized carbons (Fsp3) is 0.462. The van der Waals surface area contributed by atoms with Gasteiger partial charge in [-0.3, -0.25) is 5.32 Å². The van der Waals surface area contributed by atoms with Gasteiger partial charge in [-0.2, -0.15) is 0 Å². The molecule has 100 valence electrons. The number of ether oxygens (including phenoxy) is 1. The van der Waals surface area contributed by atoms with Crippen LogP contribution in [0.25, 0.3) is 0 Å². The van der Waals surface area contributed by atoms with Gasteiger partial charge in [0.25, 0.3) is 0 Å². The molecule has 1 atom stereocenters. The molecule has 0 aromatic heterocycles. The quantitative estimate of drug-likeness (QED) is 0.817. The van der Waals surface area contributed by atoms with Crippen molar-refractivity contribution in [2.75, 3.05) is 13.7 Å². The van der Waals surface area contributed by atoms with Crippen molar-refractivity contribution in [3.63, 3.8) is 0 Å². The zero-order valence-corrected chi connectivity index (χ0v) is 10.8. The lowest BCUT2D eigenvalue weighted by atomic mass is 9.91. The number of carbonyl (C=O) groups is 1. The van der Waals surface area contributed by atoms with E-state index in [1.165, 1.54) is 26.2 Å². The van der Waals surface area contributed by atoms with Gasteiger partial charge in [-0.15, -0.1) is 0 Å². The number of nitrogens with one attached hydrogen (secondary N) is 1. The maximum Gasteiger partial charge on any atom is 0.328 e. The van der Waals surface area contributed by atoms with Crippen LogP contribution in [0.4, 0.5) is 4.39 Å². The Hall–Kier alpha value is -1.62. The van der Waals surface area contributed by atoms with E-state index in [1.54, 1.807) is 6.07 Å². The van der Waals surface area contributed by atoms with E-state index in [0.717, 1.165) is 6.42 Å². The first-order chi connectivity index (χ1) is 8.45. The van der Waals surface area contributed by atoms with Crippen LogP contribution in [-0.2, 0) is 10.3 Å². The predicted molar refractivity (Wildman–Crippen MR) is 66.2 cm³/mol. The molecule has 0 aliphatic rings. The minimum atomic E-state index is -1.30. The second kappa shape index (κ2) is 5.82. The summed E-state index contributed by atoms with van der Waals surface area (Å²) in [6.45, 7) is 3.99. The zero-order valence-electron chi connectivity index (χ0n) is 10.8. The molecule has 0 amide bonds. The van der Waals surface area contributed by atoms with Crippen molar-refractivity contribution in [2.45, 2.75) is 25.8 Å². The highest BCUT2D eigenvalue weighted by Gasteiger charge is 2.35. The monoisotopic (exact) mass is 255 g/mol. The molecular weight excluding hydrogens is 237 g/mol. The Kier molecular flexibility index (Phi) is 4.67. The van der Waals surface area contributed by atoms with Crippen LogP contribution in [0.2, 0.25) is 0 Å². The summed E-state index contributed by atoms with van der Waals surface area (Å²) in [7, 11) is 1.36. The number of methoxy groups -OCH3 is 1. The second-order valence-corrected chi connectivity index (χ2v) is 4.21. The summed E-state index contributed by atoms with van der Waals surface area (Å²) in [5.41, 5.74) is -0.940. The van der Waals surface area contributed by atoms with Crippen molar-refractivity contribution in [2.24, 2.45) is 0 Å². The molecule has 0 bridgehead atoms. The molecule has 0 fully saturated rings. The van der Waals surface area contributed by atoms with E-state index in [4.69, 9.17) is 4.74 Å². The van der Waals surface area contributed by atoms with Crippen LogP contribution in [0.15, 0.2) is 18.2 Å². The minimum absolute atomic E-state index is 0.0991. The lowest BCUT2D eigenvalue weighted by Gasteiger charge is -2.27. The predicted octanol–water partition coefficient (Wildman–Crippen LogP) is 2.13. The van der Waals surface area contributed by atoms with Crippen LogP contribution in [0.3, 0.4) is 0 Å². The highest BCUT2D eigenvalue weighted by Crippen LogP contribution is 2.26. The molecule has 0 heterocycles. The molecule has 0 radical (unpaired) electrons. The Balaban J connectivity index is 3.14. The van der Waals surface area contributed by atoms with Gasteiger partial charge in [0.1, 0.15) is 5.54 Å². The fourth-order valence-corrected chi connectivity index (χ4v) is 1.65. The maximum atomic E-state index is 13.6. The van der Waals surface area contributed by atoms with Crippen LogP contribution in [0, 0.1) is 5.82 Å². The number of hydrogen-bond donors (Lipinski definition) is 2. The standard InChI is InChI=1S/C13H18FNO3/c1-4-7-15-13(2,12(16)17)9-5-6-11(18-3)10(14)8-9/h5-6,8,15H,4,7H2,1-3H3,(H,16,17). The molecule has 0 spiro atoms. The Bertz CT molecular complexity index is 436. The molecule has 1 unspecified atom stereocenters. The van der Waals surface area contributed by atoms with Gasteiger partial charge in [0.05, 0.1) is 7.11 Å². The Morgan fingerprint density at radius 2 is 2.22 bits per heavy atom. The third kappa shape index (κ3) is 2.79. The van der Waals surface area contributed by atoms with E-state index in [0.29, 0.717) is 12.1 Å². The molecule has 1 aromatic rings. The minimum Gasteiger partial charge on any atom is -0.494 e. The van der Waals surface area contributed by atoms with E-state index >= 15 is 0 Å². The van der Waals surface area contributed by atoms with E-state index in [9.17, 15) is 14.3 Å². The highest BCUT2D eigenvalue weighted by atomic mass is 19.1. The summed E-state index contributed by atoms with van der Waals surface area (Å²) in [5, 5.41) is 12.2. The molecule has 2 N–H and O–H groups in total. The highest BCUT2D eigenvalue weighted by molar-refractivity contribution is 5.80. The summed E-state index contributed by atoms with van der Waals surface area (Å²) < 4.78 is 18.4. The largest absolute Gasteiger partial charge is 0.494 e. The number of carboxylic acids is 1. The number of hydrogen-bond acceptors (Lipinski definition) is 3. The molecule has 18 heavy (non-hydrogen) atoms. The second-order valence-electron chi connectivity index (χ2n) is 4.21.